The molecule has 2 aromatic carbocycles. The van der Waals surface area contributed by atoms with Crippen molar-refractivity contribution in [3.63, 3.8) is 0 Å². The monoisotopic (exact) mass is 491 g/mol. The van der Waals surface area contributed by atoms with Gasteiger partial charge in [-0.15, -0.1) is 0 Å². The van der Waals surface area contributed by atoms with E-state index >= 15 is 0 Å². The van der Waals surface area contributed by atoms with Crippen molar-refractivity contribution in [2.75, 3.05) is 31.1 Å². The Bertz CT molecular complexity index is 1240. The van der Waals surface area contributed by atoms with Crippen molar-refractivity contribution in [2.24, 2.45) is 0 Å². The summed E-state index contributed by atoms with van der Waals surface area (Å²) in [5.74, 6) is 1.37. The van der Waals surface area contributed by atoms with Crippen LogP contribution in [0.15, 0.2) is 48.5 Å². The number of carbonyl (C=O) groups excluding carboxylic acids is 1. The fourth-order valence-corrected chi connectivity index (χ4v) is 4.31. The van der Waals surface area contributed by atoms with E-state index in [-0.39, 0.29) is 23.3 Å². The molecule has 0 N–H and O–H groups in total. The molecule has 8 nitrogen and oxygen atoms in total. The third-order valence-electron chi connectivity index (χ3n) is 6.75. The van der Waals surface area contributed by atoms with Crippen molar-refractivity contribution in [3.05, 3.63) is 92.7 Å². The number of benzene rings is 2. The minimum absolute atomic E-state index is 0.0565. The van der Waals surface area contributed by atoms with Crippen LogP contribution < -0.4 is 4.90 Å². The van der Waals surface area contributed by atoms with Gasteiger partial charge in [-0.25, -0.2) is 14.4 Å². The largest absolute Gasteiger partial charge is 0.353 e. The summed E-state index contributed by atoms with van der Waals surface area (Å²) < 4.78 is 13.3. The number of non-ortho nitro benzene ring substituents is 1. The van der Waals surface area contributed by atoms with Gasteiger partial charge in [0.1, 0.15) is 17.5 Å². The number of halogens is 1. The van der Waals surface area contributed by atoms with Gasteiger partial charge in [-0.1, -0.05) is 26.0 Å². The second kappa shape index (κ2) is 10.8. The van der Waals surface area contributed by atoms with Gasteiger partial charge in [0.15, 0.2) is 0 Å². The molecule has 1 aromatic heterocycles. The lowest BCUT2D eigenvalue weighted by Gasteiger charge is -2.36. The maximum atomic E-state index is 13.3. The van der Waals surface area contributed by atoms with Crippen molar-refractivity contribution in [2.45, 2.75) is 39.5 Å². The fraction of sp³-hybridized carbons (Fsp3) is 0.370. The minimum atomic E-state index is -0.406. The number of hydrogen-bond acceptors (Lipinski definition) is 6. The van der Waals surface area contributed by atoms with Gasteiger partial charge in [-0.05, 0) is 43.2 Å². The van der Waals surface area contributed by atoms with Crippen LogP contribution in [0.2, 0.25) is 0 Å². The standard InChI is InChI=1S/C27H30FN5O3/c1-4-18(2)25-29-19(3)24(17-20-5-11-23(12-6-20)33(35)36)26(30-25)31-13-15-32(16-14-31)27(34)21-7-9-22(28)10-8-21/h5-12,18H,4,13-17H2,1-3H3. The third-order valence-corrected chi connectivity index (χ3v) is 6.75. The van der Waals surface area contributed by atoms with Crippen LogP contribution in [0.4, 0.5) is 15.9 Å². The number of hydrogen-bond donors (Lipinski definition) is 0. The van der Waals surface area contributed by atoms with Crippen LogP contribution in [0.5, 0.6) is 0 Å². The Morgan fingerprint density at radius 2 is 1.69 bits per heavy atom. The number of aryl methyl sites for hydroxylation is 1. The van der Waals surface area contributed by atoms with Gasteiger partial charge in [0.2, 0.25) is 0 Å². The van der Waals surface area contributed by atoms with E-state index in [0.29, 0.717) is 38.2 Å². The molecular weight excluding hydrogens is 461 g/mol. The van der Waals surface area contributed by atoms with E-state index in [2.05, 4.69) is 18.7 Å². The summed E-state index contributed by atoms with van der Waals surface area (Å²) in [5, 5.41) is 11.0. The van der Waals surface area contributed by atoms with Gasteiger partial charge in [-0.3, -0.25) is 14.9 Å². The molecule has 2 heterocycles. The van der Waals surface area contributed by atoms with Crippen LogP contribution in [0.25, 0.3) is 0 Å². The summed E-state index contributed by atoms with van der Waals surface area (Å²) in [6.07, 6.45) is 1.47. The molecule has 4 rings (SSSR count). The first kappa shape index (κ1) is 25.2. The quantitative estimate of drug-likeness (QED) is 0.345. The summed E-state index contributed by atoms with van der Waals surface area (Å²) >= 11 is 0. The first-order chi connectivity index (χ1) is 17.3. The van der Waals surface area contributed by atoms with Gasteiger partial charge in [0, 0.05) is 67.5 Å². The van der Waals surface area contributed by atoms with E-state index in [4.69, 9.17) is 9.97 Å². The average molecular weight is 492 g/mol. The molecule has 1 amide bonds. The maximum absolute atomic E-state index is 13.3. The highest BCUT2D eigenvalue weighted by atomic mass is 19.1. The Morgan fingerprint density at radius 1 is 1.06 bits per heavy atom. The molecule has 1 aliphatic heterocycles. The summed E-state index contributed by atoms with van der Waals surface area (Å²) in [6.45, 7) is 8.45. The Balaban J connectivity index is 1.58. The zero-order chi connectivity index (χ0) is 25.8. The van der Waals surface area contributed by atoms with Gasteiger partial charge < -0.3 is 9.80 Å². The number of nitro groups is 1. The Hall–Kier alpha value is -3.88. The highest BCUT2D eigenvalue weighted by Crippen LogP contribution is 2.28. The highest BCUT2D eigenvalue weighted by molar-refractivity contribution is 5.94. The van der Waals surface area contributed by atoms with E-state index in [1.165, 1.54) is 36.4 Å². The summed E-state index contributed by atoms with van der Waals surface area (Å²) in [7, 11) is 0. The lowest BCUT2D eigenvalue weighted by molar-refractivity contribution is -0.384. The molecule has 1 atom stereocenters. The Labute approximate surface area is 209 Å². The smallest absolute Gasteiger partial charge is 0.269 e. The van der Waals surface area contributed by atoms with Crippen molar-refractivity contribution in [1.82, 2.24) is 14.9 Å². The van der Waals surface area contributed by atoms with Gasteiger partial charge in [0.05, 0.1) is 4.92 Å². The van der Waals surface area contributed by atoms with Crippen LogP contribution >= 0.6 is 0 Å². The predicted molar refractivity (Wildman–Crippen MR) is 136 cm³/mol. The SMILES string of the molecule is CCC(C)c1nc(C)c(Cc2ccc([N+](=O)[O-])cc2)c(N2CCN(C(=O)c3ccc(F)cc3)CC2)n1. The van der Waals surface area contributed by atoms with Gasteiger partial charge in [-0.2, -0.15) is 0 Å². The van der Waals surface area contributed by atoms with Crippen molar-refractivity contribution < 1.29 is 14.1 Å². The number of nitrogens with zero attached hydrogens (tertiary/aromatic N) is 5. The van der Waals surface area contributed by atoms with E-state index in [9.17, 15) is 19.3 Å². The van der Waals surface area contributed by atoms with Crippen LogP contribution in [0, 0.1) is 22.9 Å². The van der Waals surface area contributed by atoms with E-state index in [1.807, 2.05) is 6.92 Å². The molecule has 3 aromatic rings. The van der Waals surface area contributed by atoms with Crippen molar-refractivity contribution >= 4 is 17.4 Å². The number of piperazine rings is 1. The van der Waals surface area contributed by atoms with E-state index in [0.717, 1.165) is 34.9 Å². The number of amides is 1. The normalized spacial score (nSPS) is 14.6. The highest BCUT2D eigenvalue weighted by Gasteiger charge is 2.26. The molecule has 188 valence electrons. The molecule has 0 aliphatic carbocycles. The molecular formula is C27H30FN5O3. The first-order valence-electron chi connectivity index (χ1n) is 12.2. The fourth-order valence-electron chi connectivity index (χ4n) is 4.31. The second-order valence-electron chi connectivity index (χ2n) is 9.17. The molecule has 0 saturated carbocycles. The molecule has 36 heavy (non-hydrogen) atoms. The van der Waals surface area contributed by atoms with Gasteiger partial charge >= 0.3 is 0 Å². The summed E-state index contributed by atoms with van der Waals surface area (Å²) in [6, 6.07) is 12.2. The molecule has 9 heteroatoms. The number of aromatic nitrogens is 2. The molecule has 1 fully saturated rings. The summed E-state index contributed by atoms with van der Waals surface area (Å²) in [5.41, 5.74) is 3.34. The summed E-state index contributed by atoms with van der Waals surface area (Å²) in [4.78, 5) is 37.2. The number of rotatable bonds is 7. The van der Waals surface area contributed by atoms with Crippen molar-refractivity contribution in [1.29, 1.82) is 0 Å². The topological polar surface area (TPSA) is 92.5 Å². The van der Waals surface area contributed by atoms with Crippen LogP contribution in [0.3, 0.4) is 0 Å². The Morgan fingerprint density at radius 3 is 2.28 bits per heavy atom. The number of carbonyl (C=O) groups is 1. The molecule has 0 spiro atoms. The zero-order valence-corrected chi connectivity index (χ0v) is 20.8. The molecule has 1 unspecified atom stereocenters. The number of anilines is 1. The minimum Gasteiger partial charge on any atom is -0.353 e. The Kier molecular flexibility index (Phi) is 7.57. The van der Waals surface area contributed by atoms with Crippen LogP contribution in [-0.4, -0.2) is 51.9 Å². The second-order valence-corrected chi connectivity index (χ2v) is 9.17. The molecule has 1 aliphatic rings. The van der Waals surface area contributed by atoms with Gasteiger partial charge in [0.25, 0.3) is 11.6 Å². The lowest BCUT2D eigenvalue weighted by atomic mass is 10.0. The number of nitro benzene ring substituents is 1. The molecule has 1 saturated heterocycles. The predicted octanol–water partition coefficient (Wildman–Crippen LogP) is 4.90. The molecule has 0 bridgehead atoms. The lowest BCUT2D eigenvalue weighted by Crippen LogP contribution is -2.49. The molecule has 0 radical (unpaired) electrons. The zero-order valence-electron chi connectivity index (χ0n) is 20.8. The van der Waals surface area contributed by atoms with E-state index in [1.54, 1.807) is 17.0 Å². The average Bonchev–Trinajstić information content (AvgIpc) is 2.89. The van der Waals surface area contributed by atoms with Crippen LogP contribution in [-0.2, 0) is 6.42 Å². The van der Waals surface area contributed by atoms with Crippen molar-refractivity contribution in [3.8, 4) is 0 Å². The van der Waals surface area contributed by atoms with E-state index < -0.39 is 4.92 Å². The third kappa shape index (κ3) is 5.50. The maximum Gasteiger partial charge on any atom is 0.269 e. The first-order valence-corrected chi connectivity index (χ1v) is 12.2. The van der Waals surface area contributed by atoms with Crippen LogP contribution in [0.1, 0.15) is 59.2 Å².